The third-order valence-electron chi connectivity index (χ3n) is 7.39. The number of rotatable bonds is 4. The lowest BCUT2D eigenvalue weighted by Gasteiger charge is -2.38. The first-order chi connectivity index (χ1) is 18.2. The average molecular weight is 555 g/mol. The number of para-hydroxylation sites is 1. The summed E-state index contributed by atoms with van der Waals surface area (Å²) in [5, 5.41) is 24.0. The van der Waals surface area contributed by atoms with Crippen LogP contribution >= 0.6 is 0 Å². The van der Waals surface area contributed by atoms with Crippen molar-refractivity contribution in [3.05, 3.63) is 69.3 Å². The normalized spacial score (nSPS) is 17.3. The number of piperazine rings is 1. The summed E-state index contributed by atoms with van der Waals surface area (Å²) < 4.78 is 17.1. The first kappa shape index (κ1) is 26.3. The van der Waals surface area contributed by atoms with Crippen molar-refractivity contribution in [2.45, 2.75) is 13.5 Å². The van der Waals surface area contributed by atoms with E-state index in [0.717, 1.165) is 17.3 Å². The third-order valence-corrected chi connectivity index (χ3v) is 7.39. The molecule has 3 aliphatic heterocycles. The summed E-state index contributed by atoms with van der Waals surface area (Å²) >= 11 is 0. The predicted molar refractivity (Wildman–Crippen MR) is 138 cm³/mol. The zero-order chi connectivity index (χ0) is 26.8. The Hall–Kier alpha value is -4.29. The summed E-state index contributed by atoms with van der Waals surface area (Å²) in [6, 6.07) is 8.64. The van der Waals surface area contributed by atoms with Crippen molar-refractivity contribution in [3.63, 3.8) is 0 Å². The van der Waals surface area contributed by atoms with E-state index in [9.17, 15) is 24.6 Å². The van der Waals surface area contributed by atoms with Crippen LogP contribution in [0.15, 0.2) is 52.0 Å². The lowest BCUT2D eigenvalue weighted by atomic mass is 10.0. The lowest BCUT2D eigenvalue weighted by molar-refractivity contribution is -0.929. The summed E-state index contributed by atoms with van der Waals surface area (Å²) in [5.41, 5.74) is 0.873. The molecule has 13 heteroatoms. The SMILES string of the molecule is CCn1cc(C(=O)O)c(=O)c2cc(F)c(N3CC[N+]4(CC3)CN3C(=N4)C(C(=O)O)=Cc4ccccc43)nc21.[Cl-]. The van der Waals surface area contributed by atoms with Gasteiger partial charge in [-0.1, -0.05) is 23.3 Å². The smallest absolute Gasteiger partial charge is 0.341 e. The maximum Gasteiger partial charge on any atom is 0.341 e. The lowest BCUT2D eigenvalue weighted by Crippen LogP contribution is -3.00. The van der Waals surface area contributed by atoms with Crippen molar-refractivity contribution in [3.8, 4) is 0 Å². The quantitative estimate of drug-likeness (QED) is 0.400. The molecule has 202 valence electrons. The molecule has 39 heavy (non-hydrogen) atoms. The van der Waals surface area contributed by atoms with Crippen LogP contribution < -0.4 is 27.6 Å². The van der Waals surface area contributed by atoms with Gasteiger partial charge in [0, 0.05) is 12.7 Å². The van der Waals surface area contributed by atoms with Crippen molar-refractivity contribution in [1.82, 2.24) is 9.55 Å². The highest BCUT2D eigenvalue weighted by molar-refractivity contribution is 6.29. The highest BCUT2D eigenvalue weighted by Crippen LogP contribution is 2.37. The summed E-state index contributed by atoms with van der Waals surface area (Å²) in [4.78, 5) is 44.3. The van der Waals surface area contributed by atoms with Crippen LogP contribution in [0.5, 0.6) is 0 Å². The minimum absolute atomic E-state index is 0. The molecular weight excluding hydrogens is 531 g/mol. The molecule has 2 aromatic heterocycles. The Balaban J connectivity index is 0.00000308. The zero-order valence-corrected chi connectivity index (χ0v) is 21.6. The van der Waals surface area contributed by atoms with E-state index in [2.05, 4.69) is 4.98 Å². The molecule has 1 spiro atoms. The minimum atomic E-state index is -1.37. The molecule has 0 bridgehead atoms. The van der Waals surface area contributed by atoms with Gasteiger partial charge in [-0.25, -0.2) is 19.0 Å². The van der Waals surface area contributed by atoms with E-state index in [4.69, 9.17) is 5.10 Å². The number of hydrogen-bond acceptors (Lipinski definition) is 7. The fourth-order valence-electron chi connectivity index (χ4n) is 5.42. The van der Waals surface area contributed by atoms with E-state index in [1.54, 1.807) is 17.9 Å². The van der Waals surface area contributed by atoms with E-state index in [1.165, 1.54) is 10.8 Å². The van der Waals surface area contributed by atoms with Crippen molar-refractivity contribution in [2.75, 3.05) is 42.6 Å². The van der Waals surface area contributed by atoms with Gasteiger partial charge in [-0.2, -0.15) is 4.59 Å². The van der Waals surface area contributed by atoms with E-state index in [0.29, 0.717) is 45.2 Å². The van der Waals surface area contributed by atoms with Gasteiger partial charge in [0.05, 0.1) is 24.2 Å². The number of amidine groups is 1. The van der Waals surface area contributed by atoms with Gasteiger partial charge in [-0.15, -0.1) is 0 Å². The Kier molecular flexibility index (Phi) is 6.39. The van der Waals surface area contributed by atoms with E-state index >= 15 is 4.39 Å². The number of carboxylic acid groups (broad SMARTS) is 2. The van der Waals surface area contributed by atoms with Crippen molar-refractivity contribution < 1.29 is 41.2 Å². The van der Waals surface area contributed by atoms with Gasteiger partial charge in [0.1, 0.15) is 29.9 Å². The average Bonchev–Trinajstić information content (AvgIpc) is 3.27. The van der Waals surface area contributed by atoms with E-state index < -0.39 is 28.7 Å². The molecule has 11 nitrogen and oxygen atoms in total. The molecule has 1 aromatic carbocycles. The summed E-state index contributed by atoms with van der Waals surface area (Å²) in [6.45, 7) is 4.39. The molecule has 6 rings (SSSR count). The highest BCUT2D eigenvalue weighted by Gasteiger charge is 2.47. The second-order valence-corrected chi connectivity index (χ2v) is 9.57. The van der Waals surface area contributed by atoms with E-state index in [-0.39, 0.29) is 39.4 Å². The molecule has 1 saturated heterocycles. The fourth-order valence-corrected chi connectivity index (χ4v) is 5.42. The first-order valence-corrected chi connectivity index (χ1v) is 12.2. The molecule has 0 radical (unpaired) electrons. The third kappa shape index (κ3) is 4.12. The van der Waals surface area contributed by atoms with Gasteiger partial charge in [-0.05, 0) is 30.7 Å². The number of anilines is 2. The van der Waals surface area contributed by atoms with Crippen molar-refractivity contribution >= 4 is 46.4 Å². The largest absolute Gasteiger partial charge is 1.00 e. The van der Waals surface area contributed by atoms with Crippen LogP contribution in [0.1, 0.15) is 22.8 Å². The number of aromatic carboxylic acids is 1. The Bertz CT molecular complexity index is 1660. The molecule has 3 aromatic rings. The Labute approximate surface area is 227 Å². The number of aliphatic carboxylic acids is 1. The Morgan fingerprint density at radius 1 is 1.13 bits per heavy atom. The first-order valence-electron chi connectivity index (χ1n) is 12.2. The van der Waals surface area contributed by atoms with Crippen LogP contribution in [0.2, 0.25) is 0 Å². The molecule has 2 N–H and O–H groups in total. The second-order valence-electron chi connectivity index (χ2n) is 9.57. The number of pyridine rings is 2. The van der Waals surface area contributed by atoms with Crippen LogP contribution in [0.25, 0.3) is 17.1 Å². The fraction of sp³-hybridized carbons (Fsp3) is 0.269. The second kappa shape index (κ2) is 9.47. The number of halogens is 2. The van der Waals surface area contributed by atoms with Crippen LogP contribution in [0.4, 0.5) is 15.9 Å². The van der Waals surface area contributed by atoms with Gasteiger partial charge in [-0.3, -0.25) is 9.69 Å². The number of quaternary nitrogens is 1. The Morgan fingerprint density at radius 2 is 1.85 bits per heavy atom. The van der Waals surface area contributed by atoms with Gasteiger partial charge in [0.25, 0.3) is 0 Å². The molecule has 1 fully saturated rings. The molecule has 0 saturated carbocycles. The van der Waals surface area contributed by atoms with Gasteiger partial charge in [0.15, 0.2) is 18.3 Å². The van der Waals surface area contributed by atoms with Crippen LogP contribution in [0, 0.1) is 5.82 Å². The molecule has 0 atom stereocenters. The summed E-state index contributed by atoms with van der Waals surface area (Å²) in [7, 11) is 0. The van der Waals surface area contributed by atoms with Crippen molar-refractivity contribution in [1.29, 1.82) is 0 Å². The number of nitrogens with zero attached hydrogens (tertiary/aromatic N) is 6. The monoisotopic (exact) mass is 554 g/mol. The van der Waals surface area contributed by atoms with Crippen LogP contribution in [-0.4, -0.2) is 75.0 Å². The van der Waals surface area contributed by atoms with Gasteiger partial charge >= 0.3 is 11.9 Å². The molecule has 5 heterocycles. The van der Waals surface area contributed by atoms with E-state index in [1.807, 2.05) is 29.2 Å². The number of hydrogen-bond donors (Lipinski definition) is 2. The molecular formula is C26H24ClFN6O5. The number of benzene rings is 1. The zero-order valence-electron chi connectivity index (χ0n) is 20.8. The topological polar surface area (TPSA) is 128 Å². The maximum absolute atomic E-state index is 15.3. The van der Waals surface area contributed by atoms with Gasteiger partial charge < -0.3 is 32.1 Å². The molecule has 0 aliphatic carbocycles. The highest BCUT2D eigenvalue weighted by atomic mass is 35.5. The van der Waals surface area contributed by atoms with Crippen molar-refractivity contribution in [2.24, 2.45) is 5.10 Å². The number of aryl methyl sites for hydroxylation is 1. The molecule has 3 aliphatic rings. The number of carbonyl (C=O) groups is 2. The van der Waals surface area contributed by atoms with Gasteiger partial charge in [0.2, 0.25) is 11.3 Å². The maximum atomic E-state index is 15.3. The minimum Gasteiger partial charge on any atom is -1.00 e. The molecule has 0 amide bonds. The number of fused-ring (bicyclic) bond motifs is 4. The number of carboxylic acids is 2. The Morgan fingerprint density at radius 3 is 2.51 bits per heavy atom. The standard InChI is InChI=1S/C26H23FN6O5.ClH/c1-2-30-13-18(26(37)38)21(34)16-12-19(27)24(28-22(16)30)31-7-9-33(10-8-31)14-32-20-6-4-3-5-15(20)11-17(25(35)36)23(32)29-33;/h3-6,11-13H,2,7-10,14H2,1H3,(H-,35,36,37,38);1H. The number of aromatic nitrogens is 2. The summed E-state index contributed by atoms with van der Waals surface area (Å²) in [6.07, 6.45) is 2.88. The molecule has 0 unspecified atom stereocenters. The predicted octanol–water partition coefficient (Wildman–Crippen LogP) is -0.833. The summed E-state index contributed by atoms with van der Waals surface area (Å²) in [5.74, 6) is -2.62. The van der Waals surface area contributed by atoms with Crippen LogP contribution in [-0.2, 0) is 11.3 Å². The van der Waals surface area contributed by atoms with Crippen LogP contribution in [0.3, 0.4) is 0 Å².